The van der Waals surface area contributed by atoms with Crippen LogP contribution in [-0.4, -0.2) is 23.5 Å². The second kappa shape index (κ2) is 3.13. The summed E-state index contributed by atoms with van der Waals surface area (Å²) in [6, 6.07) is 0. The minimum Gasteiger partial charge on any atom is -0.474 e. The van der Waals surface area contributed by atoms with Crippen molar-refractivity contribution in [3.63, 3.8) is 0 Å². The lowest BCUT2D eigenvalue weighted by Crippen LogP contribution is -2.35. The van der Waals surface area contributed by atoms with Crippen molar-refractivity contribution in [3.8, 4) is 0 Å². The summed E-state index contributed by atoms with van der Waals surface area (Å²) in [5.41, 5.74) is 0.213. The molecule has 1 fully saturated rings. The van der Waals surface area contributed by atoms with E-state index in [-0.39, 0.29) is 5.41 Å². The summed E-state index contributed by atoms with van der Waals surface area (Å²) >= 11 is 0. The number of hydrogen-bond donors (Lipinski definition) is 2. The van der Waals surface area contributed by atoms with Gasteiger partial charge in [0.2, 0.25) is 0 Å². The number of amides is 1. The van der Waals surface area contributed by atoms with E-state index in [1.54, 1.807) is 0 Å². The molecule has 1 rings (SSSR count). The molecule has 0 saturated heterocycles. The van der Waals surface area contributed by atoms with E-state index in [0.717, 1.165) is 19.3 Å². The average molecular weight is 171 g/mol. The van der Waals surface area contributed by atoms with Crippen LogP contribution in [0.1, 0.15) is 26.2 Å². The Labute approximate surface area is 71.0 Å². The highest BCUT2D eigenvalue weighted by molar-refractivity contribution is 6.31. The van der Waals surface area contributed by atoms with E-state index in [9.17, 15) is 9.59 Å². The molecule has 1 aliphatic rings. The molecule has 0 aliphatic heterocycles. The molecule has 0 spiro atoms. The van der Waals surface area contributed by atoms with Crippen molar-refractivity contribution in [2.24, 2.45) is 5.41 Å². The zero-order valence-electron chi connectivity index (χ0n) is 7.09. The number of aliphatic carboxylic acids is 1. The minimum absolute atomic E-state index is 0.213. The minimum atomic E-state index is -1.40. The summed E-state index contributed by atoms with van der Waals surface area (Å²) in [7, 11) is 0. The number of carboxylic acids is 1. The molecule has 0 radical (unpaired) electrons. The predicted octanol–water partition coefficient (Wildman–Crippen LogP) is 0.377. The van der Waals surface area contributed by atoms with Crippen molar-refractivity contribution in [3.05, 3.63) is 0 Å². The van der Waals surface area contributed by atoms with E-state index in [1.165, 1.54) is 0 Å². The summed E-state index contributed by atoms with van der Waals surface area (Å²) in [6.45, 7) is 2.56. The highest BCUT2D eigenvalue weighted by Crippen LogP contribution is 2.47. The van der Waals surface area contributed by atoms with Gasteiger partial charge >= 0.3 is 11.9 Å². The Morgan fingerprint density at radius 2 is 2.08 bits per heavy atom. The molecule has 2 N–H and O–H groups in total. The van der Waals surface area contributed by atoms with Gasteiger partial charge in [0.25, 0.3) is 0 Å². The summed E-state index contributed by atoms with van der Waals surface area (Å²) in [4.78, 5) is 20.7. The standard InChI is InChI=1S/C8H13NO3/c1-2-8(3-4-8)5-9-6(10)7(11)12/h2-5H2,1H3,(H,9,10)(H,11,12). The lowest BCUT2D eigenvalue weighted by Gasteiger charge is -2.11. The first kappa shape index (κ1) is 9.03. The molecule has 1 saturated carbocycles. The van der Waals surface area contributed by atoms with Crippen LogP contribution in [0.4, 0.5) is 0 Å². The second-order valence-corrected chi connectivity index (χ2v) is 3.34. The zero-order valence-corrected chi connectivity index (χ0v) is 7.09. The lowest BCUT2D eigenvalue weighted by molar-refractivity contribution is -0.150. The maximum absolute atomic E-state index is 10.6. The number of rotatable bonds is 3. The Morgan fingerprint density at radius 3 is 2.42 bits per heavy atom. The first-order valence-electron chi connectivity index (χ1n) is 4.11. The number of nitrogens with one attached hydrogen (secondary N) is 1. The molecule has 0 atom stereocenters. The third-order valence-corrected chi connectivity index (χ3v) is 2.53. The van der Waals surface area contributed by atoms with Crippen molar-refractivity contribution >= 4 is 11.9 Å². The van der Waals surface area contributed by atoms with Gasteiger partial charge < -0.3 is 10.4 Å². The molecule has 4 heteroatoms. The third kappa shape index (κ3) is 1.96. The van der Waals surface area contributed by atoms with Crippen LogP contribution in [0.25, 0.3) is 0 Å². The van der Waals surface area contributed by atoms with Crippen molar-refractivity contribution < 1.29 is 14.7 Å². The molecule has 0 unspecified atom stereocenters. The number of carbonyl (C=O) groups is 2. The molecule has 1 aliphatic carbocycles. The summed E-state index contributed by atoms with van der Waals surface area (Å²) < 4.78 is 0. The first-order valence-corrected chi connectivity index (χ1v) is 4.11. The molecule has 0 heterocycles. The molecule has 12 heavy (non-hydrogen) atoms. The highest BCUT2D eigenvalue weighted by atomic mass is 16.4. The predicted molar refractivity (Wildman–Crippen MR) is 42.6 cm³/mol. The van der Waals surface area contributed by atoms with Crippen LogP contribution in [0.2, 0.25) is 0 Å². The highest BCUT2D eigenvalue weighted by Gasteiger charge is 2.40. The molecule has 0 aromatic carbocycles. The quantitative estimate of drug-likeness (QED) is 0.603. The number of hydrogen-bond acceptors (Lipinski definition) is 2. The SMILES string of the molecule is CCC1(CNC(=O)C(=O)O)CC1. The van der Waals surface area contributed by atoms with Crippen LogP contribution < -0.4 is 5.32 Å². The van der Waals surface area contributed by atoms with Crippen molar-refractivity contribution in [2.45, 2.75) is 26.2 Å². The third-order valence-electron chi connectivity index (χ3n) is 2.53. The Bertz CT molecular complexity index is 208. The van der Waals surface area contributed by atoms with Gasteiger partial charge in [-0.15, -0.1) is 0 Å². The van der Waals surface area contributed by atoms with Crippen molar-refractivity contribution in [2.75, 3.05) is 6.54 Å². The number of carbonyl (C=O) groups excluding carboxylic acids is 1. The fourth-order valence-electron chi connectivity index (χ4n) is 1.18. The summed E-state index contributed by atoms with van der Waals surface area (Å²) in [5.74, 6) is -2.29. The maximum atomic E-state index is 10.6. The Morgan fingerprint density at radius 1 is 1.50 bits per heavy atom. The van der Waals surface area contributed by atoms with E-state index in [0.29, 0.717) is 6.54 Å². The molecule has 1 amide bonds. The zero-order chi connectivity index (χ0) is 9.19. The maximum Gasteiger partial charge on any atom is 0.394 e. The normalized spacial score (nSPS) is 18.4. The van der Waals surface area contributed by atoms with Crippen LogP contribution in [0.5, 0.6) is 0 Å². The van der Waals surface area contributed by atoms with Crippen LogP contribution in [0.3, 0.4) is 0 Å². The molecule has 0 aromatic rings. The summed E-state index contributed by atoms with van der Waals surface area (Å²) in [5, 5.41) is 10.7. The smallest absolute Gasteiger partial charge is 0.394 e. The van der Waals surface area contributed by atoms with Crippen LogP contribution >= 0.6 is 0 Å². The van der Waals surface area contributed by atoms with E-state index < -0.39 is 11.9 Å². The van der Waals surface area contributed by atoms with E-state index in [1.807, 2.05) is 0 Å². The van der Waals surface area contributed by atoms with Crippen LogP contribution in [0.15, 0.2) is 0 Å². The van der Waals surface area contributed by atoms with Gasteiger partial charge in [0.15, 0.2) is 0 Å². The van der Waals surface area contributed by atoms with E-state index in [2.05, 4.69) is 12.2 Å². The molecular formula is C8H13NO3. The van der Waals surface area contributed by atoms with Gasteiger partial charge in [-0.25, -0.2) is 4.79 Å². The molecule has 0 aromatic heterocycles. The topological polar surface area (TPSA) is 66.4 Å². The summed E-state index contributed by atoms with van der Waals surface area (Å²) in [6.07, 6.45) is 3.21. The van der Waals surface area contributed by atoms with E-state index in [4.69, 9.17) is 5.11 Å². The first-order chi connectivity index (χ1) is 5.59. The van der Waals surface area contributed by atoms with Gasteiger partial charge in [-0.2, -0.15) is 0 Å². The average Bonchev–Trinajstić information content (AvgIpc) is 2.81. The fraction of sp³-hybridized carbons (Fsp3) is 0.750. The van der Waals surface area contributed by atoms with Gasteiger partial charge in [0.05, 0.1) is 0 Å². The number of carboxylic acid groups (broad SMARTS) is 1. The van der Waals surface area contributed by atoms with Gasteiger partial charge in [-0.05, 0) is 24.7 Å². The molecular weight excluding hydrogens is 158 g/mol. The molecule has 0 bridgehead atoms. The molecule has 68 valence electrons. The Hall–Kier alpha value is -1.06. The largest absolute Gasteiger partial charge is 0.474 e. The van der Waals surface area contributed by atoms with Crippen LogP contribution in [-0.2, 0) is 9.59 Å². The van der Waals surface area contributed by atoms with Crippen molar-refractivity contribution in [1.29, 1.82) is 0 Å². The van der Waals surface area contributed by atoms with Gasteiger partial charge in [0.1, 0.15) is 0 Å². The van der Waals surface area contributed by atoms with Gasteiger partial charge in [0, 0.05) is 6.54 Å². The second-order valence-electron chi connectivity index (χ2n) is 3.34. The molecule has 4 nitrogen and oxygen atoms in total. The Balaban J connectivity index is 2.26. The lowest BCUT2D eigenvalue weighted by atomic mass is 10.0. The van der Waals surface area contributed by atoms with Crippen molar-refractivity contribution in [1.82, 2.24) is 5.32 Å². The fourth-order valence-corrected chi connectivity index (χ4v) is 1.18. The van der Waals surface area contributed by atoms with E-state index >= 15 is 0 Å². The van der Waals surface area contributed by atoms with Gasteiger partial charge in [-0.3, -0.25) is 4.79 Å². The monoisotopic (exact) mass is 171 g/mol. The Kier molecular flexibility index (Phi) is 2.35. The van der Waals surface area contributed by atoms with Gasteiger partial charge in [-0.1, -0.05) is 6.92 Å². The van der Waals surface area contributed by atoms with Crippen LogP contribution in [0, 0.1) is 5.41 Å².